The Hall–Kier alpha value is -4.18. The molecule has 0 fully saturated rings. The summed E-state index contributed by atoms with van der Waals surface area (Å²) in [6, 6.07) is 19.4. The van der Waals surface area contributed by atoms with Crippen molar-refractivity contribution in [3.63, 3.8) is 0 Å². The van der Waals surface area contributed by atoms with Gasteiger partial charge in [0, 0.05) is 18.3 Å². The second-order valence-corrected chi connectivity index (χ2v) is 8.25. The van der Waals surface area contributed by atoms with Gasteiger partial charge in [-0.2, -0.15) is 5.26 Å². The molecular weight excluding hydrogens is 442 g/mol. The minimum absolute atomic E-state index is 0.00215. The number of hydrogen-bond donors (Lipinski definition) is 1. The molecule has 0 aliphatic carbocycles. The zero-order valence-corrected chi connectivity index (χ0v) is 20.2. The molecule has 7 nitrogen and oxygen atoms in total. The van der Waals surface area contributed by atoms with Crippen molar-refractivity contribution in [2.75, 3.05) is 13.2 Å². The first-order valence-electron chi connectivity index (χ1n) is 11.7. The van der Waals surface area contributed by atoms with Crippen LogP contribution in [0, 0.1) is 18.3 Å². The Morgan fingerprint density at radius 2 is 1.77 bits per heavy atom. The second kappa shape index (κ2) is 10.4. The Morgan fingerprint density at radius 3 is 2.46 bits per heavy atom. The number of hydrogen-bond acceptors (Lipinski definition) is 6. The highest BCUT2D eigenvalue weighted by molar-refractivity contribution is 5.57. The van der Waals surface area contributed by atoms with Crippen LogP contribution in [0.4, 0.5) is 0 Å². The highest BCUT2D eigenvalue weighted by Gasteiger charge is 2.35. The van der Waals surface area contributed by atoms with Gasteiger partial charge in [-0.3, -0.25) is 4.79 Å². The van der Waals surface area contributed by atoms with E-state index < -0.39 is 5.92 Å². The summed E-state index contributed by atoms with van der Waals surface area (Å²) in [7, 11) is 0. The molecule has 1 atom stereocenters. The van der Waals surface area contributed by atoms with Gasteiger partial charge in [0.05, 0.1) is 24.7 Å². The smallest absolute Gasteiger partial charge is 0.258 e. The van der Waals surface area contributed by atoms with E-state index >= 15 is 0 Å². The molecule has 7 heteroatoms. The Bertz CT molecular complexity index is 1350. The number of fused-ring (bicyclic) bond motifs is 1. The van der Waals surface area contributed by atoms with E-state index in [9.17, 15) is 10.1 Å². The summed E-state index contributed by atoms with van der Waals surface area (Å²) < 4.78 is 19.0. The SMILES string of the molecule is CCOc1ccc(C2C(C#N)=C(N)Oc3cc(C)n(CCc4ccccc4)c(=O)c32)cc1OCC. The summed E-state index contributed by atoms with van der Waals surface area (Å²) in [4.78, 5) is 13.8. The molecule has 1 unspecified atom stereocenters. The van der Waals surface area contributed by atoms with Gasteiger partial charge >= 0.3 is 0 Å². The fourth-order valence-electron chi connectivity index (χ4n) is 4.43. The number of benzene rings is 2. The van der Waals surface area contributed by atoms with Gasteiger partial charge in [-0.1, -0.05) is 36.4 Å². The topological polar surface area (TPSA) is 99.5 Å². The lowest BCUT2D eigenvalue weighted by molar-refractivity contribution is 0.287. The maximum absolute atomic E-state index is 13.8. The van der Waals surface area contributed by atoms with E-state index in [2.05, 4.69) is 6.07 Å². The summed E-state index contributed by atoms with van der Waals surface area (Å²) in [6.45, 7) is 7.09. The van der Waals surface area contributed by atoms with E-state index in [1.807, 2.05) is 69.3 Å². The van der Waals surface area contributed by atoms with E-state index in [1.54, 1.807) is 10.6 Å². The molecule has 4 rings (SSSR count). The molecule has 0 radical (unpaired) electrons. The molecule has 0 amide bonds. The van der Waals surface area contributed by atoms with Crippen molar-refractivity contribution < 1.29 is 14.2 Å². The van der Waals surface area contributed by atoms with Crippen molar-refractivity contribution >= 4 is 0 Å². The number of allylic oxidation sites excluding steroid dienone is 1. The van der Waals surface area contributed by atoms with Crippen molar-refractivity contribution in [1.29, 1.82) is 5.26 Å². The maximum Gasteiger partial charge on any atom is 0.258 e. The van der Waals surface area contributed by atoms with Crippen molar-refractivity contribution in [2.45, 2.75) is 39.7 Å². The summed E-state index contributed by atoms with van der Waals surface area (Å²) >= 11 is 0. The zero-order valence-electron chi connectivity index (χ0n) is 20.2. The van der Waals surface area contributed by atoms with Crippen LogP contribution < -0.4 is 25.5 Å². The molecule has 2 aromatic carbocycles. The lowest BCUT2D eigenvalue weighted by Gasteiger charge is -2.28. The second-order valence-electron chi connectivity index (χ2n) is 8.25. The molecule has 1 aliphatic heterocycles. The Balaban J connectivity index is 1.84. The molecule has 0 saturated carbocycles. The molecule has 1 aliphatic rings. The quantitative estimate of drug-likeness (QED) is 0.522. The van der Waals surface area contributed by atoms with E-state index in [-0.39, 0.29) is 17.0 Å². The number of nitrogens with zero attached hydrogens (tertiary/aromatic N) is 2. The number of aromatic nitrogens is 1. The van der Waals surface area contributed by atoms with Crippen molar-refractivity contribution in [1.82, 2.24) is 4.57 Å². The van der Waals surface area contributed by atoms with Gasteiger partial charge in [-0.05, 0) is 50.5 Å². The van der Waals surface area contributed by atoms with Crippen LogP contribution in [-0.2, 0) is 13.0 Å². The molecule has 2 heterocycles. The van der Waals surface area contributed by atoms with E-state index in [0.29, 0.717) is 54.6 Å². The molecule has 1 aromatic heterocycles. The molecular formula is C28H29N3O4. The number of ether oxygens (including phenoxy) is 3. The monoisotopic (exact) mass is 471 g/mol. The molecule has 35 heavy (non-hydrogen) atoms. The fourth-order valence-corrected chi connectivity index (χ4v) is 4.43. The lowest BCUT2D eigenvalue weighted by Crippen LogP contribution is -2.33. The minimum atomic E-state index is -0.685. The summed E-state index contributed by atoms with van der Waals surface area (Å²) in [6.07, 6.45) is 0.701. The summed E-state index contributed by atoms with van der Waals surface area (Å²) in [5.74, 6) is 0.835. The Kier molecular flexibility index (Phi) is 7.11. The molecule has 0 bridgehead atoms. The van der Waals surface area contributed by atoms with Crippen molar-refractivity contribution in [3.05, 3.63) is 98.8 Å². The average Bonchev–Trinajstić information content (AvgIpc) is 2.85. The minimum Gasteiger partial charge on any atom is -0.490 e. The van der Waals surface area contributed by atoms with Crippen molar-refractivity contribution in [2.24, 2.45) is 5.73 Å². The van der Waals surface area contributed by atoms with Crippen LogP contribution in [0.5, 0.6) is 17.2 Å². The predicted molar refractivity (Wildman–Crippen MR) is 134 cm³/mol. The van der Waals surface area contributed by atoms with Crippen LogP contribution in [0.15, 0.2) is 70.8 Å². The normalized spacial score (nSPS) is 14.6. The largest absolute Gasteiger partial charge is 0.490 e. The van der Waals surface area contributed by atoms with Gasteiger partial charge < -0.3 is 24.5 Å². The maximum atomic E-state index is 13.8. The van der Waals surface area contributed by atoms with Crippen LogP contribution in [0.3, 0.4) is 0 Å². The number of pyridine rings is 1. The first-order chi connectivity index (χ1) is 17.0. The van der Waals surface area contributed by atoms with Gasteiger partial charge in [0.15, 0.2) is 11.5 Å². The average molecular weight is 472 g/mol. The Labute approximate surface area is 205 Å². The third-order valence-electron chi connectivity index (χ3n) is 6.06. The first kappa shape index (κ1) is 24.0. The summed E-state index contributed by atoms with van der Waals surface area (Å²) in [5.41, 5.74) is 9.14. The highest BCUT2D eigenvalue weighted by atomic mass is 16.5. The number of rotatable bonds is 8. The molecule has 2 N–H and O–H groups in total. The lowest BCUT2D eigenvalue weighted by atomic mass is 9.84. The third kappa shape index (κ3) is 4.73. The highest BCUT2D eigenvalue weighted by Crippen LogP contribution is 2.42. The van der Waals surface area contributed by atoms with Crippen LogP contribution in [0.1, 0.15) is 42.1 Å². The van der Waals surface area contributed by atoms with E-state index in [0.717, 1.165) is 11.3 Å². The molecule has 180 valence electrons. The molecule has 0 saturated heterocycles. The van der Waals surface area contributed by atoms with Gasteiger partial charge in [0.1, 0.15) is 17.4 Å². The standard InChI is InChI=1S/C28H29N3O4/c1-4-33-22-12-11-20(16-23(22)34-5-2)25-21(17-29)27(30)35-24-15-18(3)31(28(32)26(24)25)14-13-19-9-7-6-8-10-19/h6-12,15-16,25H,4-5,13-14,30H2,1-3H3. The van der Waals surface area contributed by atoms with Crippen molar-refractivity contribution in [3.8, 4) is 23.3 Å². The Morgan fingerprint density at radius 1 is 1.06 bits per heavy atom. The summed E-state index contributed by atoms with van der Waals surface area (Å²) in [5, 5.41) is 9.96. The van der Waals surface area contributed by atoms with Crippen LogP contribution in [0.2, 0.25) is 0 Å². The van der Waals surface area contributed by atoms with Gasteiger partial charge in [-0.25, -0.2) is 0 Å². The van der Waals surface area contributed by atoms with E-state index in [4.69, 9.17) is 19.9 Å². The first-order valence-corrected chi connectivity index (χ1v) is 11.7. The van der Waals surface area contributed by atoms with Crippen LogP contribution in [-0.4, -0.2) is 17.8 Å². The fraction of sp³-hybridized carbons (Fsp3) is 0.286. The number of aryl methyl sites for hydroxylation is 2. The van der Waals surface area contributed by atoms with Crippen LogP contribution in [0.25, 0.3) is 0 Å². The van der Waals surface area contributed by atoms with Gasteiger partial charge in [0.2, 0.25) is 5.88 Å². The van der Waals surface area contributed by atoms with Gasteiger partial charge in [0.25, 0.3) is 5.56 Å². The third-order valence-corrected chi connectivity index (χ3v) is 6.06. The molecule has 0 spiro atoms. The number of nitriles is 1. The van der Waals surface area contributed by atoms with Crippen LogP contribution >= 0.6 is 0 Å². The van der Waals surface area contributed by atoms with Gasteiger partial charge in [-0.15, -0.1) is 0 Å². The zero-order chi connectivity index (χ0) is 24.9. The molecule has 3 aromatic rings. The predicted octanol–water partition coefficient (Wildman–Crippen LogP) is 4.42. The number of nitrogens with two attached hydrogens (primary N) is 1. The van der Waals surface area contributed by atoms with E-state index in [1.165, 1.54) is 0 Å².